The molecule has 1 aliphatic heterocycles. The first-order valence-electron chi connectivity index (χ1n) is 6.57. The lowest BCUT2D eigenvalue weighted by atomic mass is 10.1. The van der Waals surface area contributed by atoms with Crippen LogP contribution in [0.3, 0.4) is 0 Å². The van der Waals surface area contributed by atoms with Crippen molar-refractivity contribution in [2.45, 2.75) is 25.9 Å². The van der Waals surface area contributed by atoms with Crippen LogP contribution in [0.1, 0.15) is 19.8 Å². The number of nitro groups is 1. The van der Waals surface area contributed by atoms with Crippen LogP contribution in [0.5, 0.6) is 0 Å². The second-order valence-electron chi connectivity index (χ2n) is 4.98. The molecule has 1 amide bonds. The smallest absolute Gasteiger partial charge is 0.295 e. The fourth-order valence-electron chi connectivity index (χ4n) is 2.34. The lowest BCUT2D eigenvalue weighted by molar-refractivity contribution is -0.384. The third-order valence-corrected chi connectivity index (χ3v) is 3.38. The summed E-state index contributed by atoms with van der Waals surface area (Å²) in [6.07, 6.45) is 0.606. The lowest BCUT2D eigenvalue weighted by Gasteiger charge is -2.31. The number of aliphatic hydroxyl groups excluding tert-OH is 1. The van der Waals surface area contributed by atoms with Crippen molar-refractivity contribution in [2.75, 3.05) is 23.3 Å². The largest absolute Gasteiger partial charge is 0.393 e. The van der Waals surface area contributed by atoms with Gasteiger partial charge in [0.05, 0.1) is 22.8 Å². The number of anilines is 2. The van der Waals surface area contributed by atoms with E-state index in [0.717, 1.165) is 6.07 Å². The third-order valence-electron chi connectivity index (χ3n) is 3.38. The molecule has 7 nitrogen and oxygen atoms in total. The number of rotatable bonds is 3. The lowest BCUT2D eigenvalue weighted by Crippen LogP contribution is -2.36. The summed E-state index contributed by atoms with van der Waals surface area (Å²) in [5.41, 5.74) is -0.324. The molecule has 0 aromatic heterocycles. The Hall–Kier alpha value is -2.22. The van der Waals surface area contributed by atoms with Crippen LogP contribution in [0.2, 0.25) is 0 Å². The van der Waals surface area contributed by atoms with Gasteiger partial charge < -0.3 is 15.3 Å². The number of halogens is 1. The van der Waals surface area contributed by atoms with E-state index in [0.29, 0.717) is 25.9 Å². The zero-order valence-corrected chi connectivity index (χ0v) is 11.5. The van der Waals surface area contributed by atoms with Crippen LogP contribution in [-0.2, 0) is 4.79 Å². The van der Waals surface area contributed by atoms with Crippen molar-refractivity contribution >= 4 is 23.0 Å². The summed E-state index contributed by atoms with van der Waals surface area (Å²) >= 11 is 0. The first-order chi connectivity index (χ1) is 9.88. The Morgan fingerprint density at radius 3 is 2.62 bits per heavy atom. The molecule has 0 aliphatic carbocycles. The Kier molecular flexibility index (Phi) is 4.37. The van der Waals surface area contributed by atoms with E-state index < -0.39 is 28.4 Å². The summed E-state index contributed by atoms with van der Waals surface area (Å²) in [7, 11) is 0. The van der Waals surface area contributed by atoms with Gasteiger partial charge in [0.15, 0.2) is 5.82 Å². The summed E-state index contributed by atoms with van der Waals surface area (Å²) in [5, 5.41) is 22.7. The van der Waals surface area contributed by atoms with Crippen molar-refractivity contribution in [3.63, 3.8) is 0 Å². The van der Waals surface area contributed by atoms with E-state index >= 15 is 0 Å². The predicted molar refractivity (Wildman–Crippen MR) is 74.8 cm³/mol. The van der Waals surface area contributed by atoms with E-state index in [4.69, 9.17) is 0 Å². The second-order valence-corrected chi connectivity index (χ2v) is 4.98. The highest BCUT2D eigenvalue weighted by molar-refractivity contribution is 5.92. The quantitative estimate of drug-likeness (QED) is 0.653. The number of nitrogens with one attached hydrogen (secondary N) is 1. The highest BCUT2D eigenvalue weighted by Crippen LogP contribution is 2.33. The van der Waals surface area contributed by atoms with Gasteiger partial charge in [-0.3, -0.25) is 14.9 Å². The molecule has 8 heteroatoms. The van der Waals surface area contributed by atoms with Gasteiger partial charge in [0.25, 0.3) is 5.69 Å². The molecular weight excluding hydrogens is 281 g/mol. The van der Waals surface area contributed by atoms with Crippen molar-refractivity contribution in [3.05, 3.63) is 28.1 Å². The molecule has 2 rings (SSSR count). The Morgan fingerprint density at radius 1 is 1.48 bits per heavy atom. The van der Waals surface area contributed by atoms with Crippen LogP contribution < -0.4 is 10.2 Å². The van der Waals surface area contributed by atoms with Gasteiger partial charge in [-0.2, -0.15) is 0 Å². The zero-order chi connectivity index (χ0) is 15.6. The van der Waals surface area contributed by atoms with Gasteiger partial charge in [-0.15, -0.1) is 0 Å². The Morgan fingerprint density at radius 2 is 2.10 bits per heavy atom. The SMILES string of the molecule is CC(=O)Nc1cc(N2CCC(O)CC2)c(F)cc1[N+](=O)[O-]. The van der Waals surface area contributed by atoms with Crippen LogP contribution in [-0.4, -0.2) is 35.1 Å². The van der Waals surface area contributed by atoms with E-state index in [1.54, 1.807) is 4.90 Å². The first kappa shape index (κ1) is 15.2. The minimum absolute atomic E-state index is 0.0324. The molecule has 0 saturated carbocycles. The first-order valence-corrected chi connectivity index (χ1v) is 6.57. The number of nitrogens with zero attached hydrogens (tertiary/aromatic N) is 2. The van der Waals surface area contributed by atoms with Crippen molar-refractivity contribution in [1.29, 1.82) is 0 Å². The Balaban J connectivity index is 2.37. The average molecular weight is 297 g/mol. The number of carbonyl (C=O) groups excluding carboxylic acids is 1. The fraction of sp³-hybridized carbons (Fsp3) is 0.462. The maximum absolute atomic E-state index is 14.1. The molecular formula is C13H16FN3O4. The van der Waals surface area contributed by atoms with E-state index in [-0.39, 0.29) is 11.4 Å². The molecule has 0 spiro atoms. The number of nitro benzene ring substituents is 1. The van der Waals surface area contributed by atoms with Crippen molar-refractivity contribution < 1.29 is 19.2 Å². The van der Waals surface area contributed by atoms with E-state index in [2.05, 4.69) is 5.32 Å². The molecule has 114 valence electrons. The summed E-state index contributed by atoms with van der Waals surface area (Å²) in [6, 6.07) is 2.08. The minimum Gasteiger partial charge on any atom is -0.393 e. The number of hydrogen-bond acceptors (Lipinski definition) is 5. The van der Waals surface area contributed by atoms with Crippen molar-refractivity contribution in [3.8, 4) is 0 Å². The standard InChI is InChI=1S/C13H16FN3O4/c1-8(18)15-11-7-12(10(14)6-13(11)17(20)21)16-4-2-9(19)3-5-16/h6-7,9,19H,2-5H2,1H3,(H,15,18). The van der Waals surface area contributed by atoms with Gasteiger partial charge >= 0.3 is 0 Å². The fourth-order valence-corrected chi connectivity index (χ4v) is 2.34. The third kappa shape index (κ3) is 3.46. The normalized spacial score (nSPS) is 15.9. The number of carbonyl (C=O) groups is 1. The average Bonchev–Trinajstić information content (AvgIpc) is 2.40. The highest BCUT2D eigenvalue weighted by atomic mass is 19.1. The molecule has 0 unspecified atom stereocenters. The maximum atomic E-state index is 14.1. The Bertz CT molecular complexity index is 571. The van der Waals surface area contributed by atoms with E-state index in [1.165, 1.54) is 13.0 Å². The molecule has 0 radical (unpaired) electrons. The van der Waals surface area contributed by atoms with Gasteiger partial charge in [0, 0.05) is 20.0 Å². The van der Waals surface area contributed by atoms with E-state index in [1.807, 2.05) is 0 Å². The molecule has 1 saturated heterocycles. The summed E-state index contributed by atoms with van der Waals surface area (Å²) in [4.78, 5) is 23.0. The molecule has 0 atom stereocenters. The van der Waals surface area contributed by atoms with Gasteiger partial charge in [-0.05, 0) is 18.9 Å². The summed E-state index contributed by atoms with van der Waals surface area (Å²) < 4.78 is 14.1. The van der Waals surface area contributed by atoms with Gasteiger partial charge in [-0.25, -0.2) is 4.39 Å². The second kappa shape index (κ2) is 6.04. The molecule has 1 aromatic carbocycles. The zero-order valence-electron chi connectivity index (χ0n) is 11.5. The maximum Gasteiger partial charge on any atom is 0.295 e. The molecule has 0 bridgehead atoms. The summed E-state index contributed by atoms with van der Waals surface area (Å²) in [6.45, 7) is 2.13. The highest BCUT2D eigenvalue weighted by Gasteiger charge is 2.24. The van der Waals surface area contributed by atoms with Gasteiger partial charge in [0.2, 0.25) is 5.91 Å². The van der Waals surface area contributed by atoms with E-state index in [9.17, 15) is 24.4 Å². The molecule has 1 aliphatic rings. The van der Waals surface area contributed by atoms with Crippen LogP contribution in [0.15, 0.2) is 12.1 Å². The van der Waals surface area contributed by atoms with Crippen LogP contribution in [0, 0.1) is 15.9 Å². The number of amides is 1. The molecule has 2 N–H and O–H groups in total. The monoisotopic (exact) mass is 297 g/mol. The van der Waals surface area contributed by atoms with Crippen molar-refractivity contribution in [1.82, 2.24) is 0 Å². The van der Waals surface area contributed by atoms with Crippen LogP contribution in [0.4, 0.5) is 21.5 Å². The van der Waals surface area contributed by atoms with Crippen LogP contribution >= 0.6 is 0 Å². The molecule has 1 fully saturated rings. The number of piperidine rings is 1. The minimum atomic E-state index is -0.738. The molecule has 1 aromatic rings. The van der Waals surface area contributed by atoms with Crippen LogP contribution in [0.25, 0.3) is 0 Å². The summed E-state index contributed by atoms with van der Waals surface area (Å²) in [5.74, 6) is -1.18. The molecule has 1 heterocycles. The number of benzene rings is 1. The molecule has 21 heavy (non-hydrogen) atoms. The number of aliphatic hydroxyl groups is 1. The topological polar surface area (TPSA) is 95.7 Å². The Labute approximate surface area is 120 Å². The number of hydrogen-bond donors (Lipinski definition) is 2. The predicted octanol–water partition coefficient (Wildman–Crippen LogP) is 1.65. The van der Waals surface area contributed by atoms with Crippen molar-refractivity contribution in [2.24, 2.45) is 0 Å². The van der Waals surface area contributed by atoms with Gasteiger partial charge in [-0.1, -0.05) is 0 Å². The van der Waals surface area contributed by atoms with Gasteiger partial charge in [0.1, 0.15) is 5.69 Å².